The molecule has 0 aromatic heterocycles. The summed E-state index contributed by atoms with van der Waals surface area (Å²) in [5, 5.41) is 19.4. The largest absolute Gasteiger partial charge is 0.478 e. The van der Waals surface area contributed by atoms with E-state index in [9.17, 15) is 14.7 Å². The summed E-state index contributed by atoms with van der Waals surface area (Å²) in [7, 11) is 0. The van der Waals surface area contributed by atoms with Crippen LogP contribution in [0.25, 0.3) is 0 Å². The van der Waals surface area contributed by atoms with Crippen LogP contribution in [0.3, 0.4) is 0 Å². The Hall–Kier alpha value is -0.0436. The zero-order chi connectivity index (χ0) is 14.8. The summed E-state index contributed by atoms with van der Waals surface area (Å²) in [6, 6.07) is 0. The number of carbonyl (C=O) groups excluding carboxylic acids is 1. The van der Waals surface area contributed by atoms with Crippen LogP contribution < -0.4 is 0 Å². The van der Waals surface area contributed by atoms with Gasteiger partial charge in [0.25, 0.3) is 0 Å². The van der Waals surface area contributed by atoms with E-state index in [-0.39, 0.29) is 63.6 Å². The standard InChI is InChI=1S/C15H20O4.K/c1-10(7-13(17)18)5-6-15(19)11(2)8-12(16)9-14(15,3)4;/h5-8,19H,9H2,1-4H3,(H,17,18);/b6-5+,10-7-;/t15-;/m1./s1. The molecular weight excluding hydrogens is 283 g/mol. The first-order chi connectivity index (χ1) is 8.58. The van der Waals surface area contributed by atoms with Gasteiger partial charge in [0.2, 0.25) is 0 Å². The Morgan fingerprint density at radius 2 is 1.95 bits per heavy atom. The maximum atomic E-state index is 11.6. The predicted molar refractivity (Wildman–Crippen MR) is 78.4 cm³/mol. The van der Waals surface area contributed by atoms with E-state index >= 15 is 0 Å². The average Bonchev–Trinajstić information content (AvgIpc) is 2.21. The molecule has 1 aliphatic rings. The molecule has 0 saturated carbocycles. The van der Waals surface area contributed by atoms with Crippen molar-refractivity contribution in [1.29, 1.82) is 0 Å². The van der Waals surface area contributed by atoms with Crippen LogP contribution >= 0.6 is 0 Å². The van der Waals surface area contributed by atoms with Gasteiger partial charge in [0.1, 0.15) is 5.60 Å². The summed E-state index contributed by atoms with van der Waals surface area (Å²) in [6.45, 7) is 7.00. The monoisotopic (exact) mass is 303 g/mol. The van der Waals surface area contributed by atoms with Gasteiger partial charge in [-0.2, -0.15) is 0 Å². The van der Waals surface area contributed by atoms with E-state index in [1.165, 1.54) is 6.08 Å². The fourth-order valence-corrected chi connectivity index (χ4v) is 2.36. The zero-order valence-electron chi connectivity index (χ0n) is 12.7. The van der Waals surface area contributed by atoms with Crippen LogP contribution in [0.4, 0.5) is 0 Å². The van der Waals surface area contributed by atoms with Gasteiger partial charge in [-0.05, 0) is 37.1 Å². The summed E-state index contributed by atoms with van der Waals surface area (Å²) in [4.78, 5) is 22.1. The molecule has 0 amide bonds. The minimum Gasteiger partial charge on any atom is -0.478 e. The molecule has 2 N–H and O–H groups in total. The van der Waals surface area contributed by atoms with Gasteiger partial charge >= 0.3 is 5.97 Å². The van der Waals surface area contributed by atoms with Crippen molar-refractivity contribution < 1.29 is 19.8 Å². The maximum Gasteiger partial charge on any atom is 0.328 e. The van der Waals surface area contributed by atoms with Gasteiger partial charge in [0, 0.05) is 69.3 Å². The van der Waals surface area contributed by atoms with E-state index in [4.69, 9.17) is 5.11 Å². The van der Waals surface area contributed by atoms with Crippen molar-refractivity contribution in [2.24, 2.45) is 5.41 Å². The van der Waals surface area contributed by atoms with Gasteiger partial charge in [-0.25, -0.2) is 4.79 Å². The molecule has 1 radical (unpaired) electrons. The third kappa shape index (κ3) is 4.48. The Morgan fingerprint density at radius 1 is 1.40 bits per heavy atom. The predicted octanol–water partition coefficient (Wildman–Crippen LogP) is 1.87. The van der Waals surface area contributed by atoms with Crippen molar-refractivity contribution in [3.05, 3.63) is 35.5 Å². The third-order valence-corrected chi connectivity index (χ3v) is 3.57. The molecule has 0 spiro atoms. The molecule has 1 rings (SSSR count). The van der Waals surface area contributed by atoms with Crippen LogP contribution in [0.2, 0.25) is 0 Å². The fraction of sp³-hybridized carbons (Fsp3) is 0.467. The molecule has 4 nitrogen and oxygen atoms in total. The SMILES string of the molecule is CC1=CC(=O)CC(C)(C)[C@@]1(O)/C=C/C(C)=C\C(=O)O.[K]. The van der Waals surface area contributed by atoms with Crippen molar-refractivity contribution in [1.82, 2.24) is 0 Å². The van der Waals surface area contributed by atoms with E-state index in [0.717, 1.165) is 6.08 Å². The molecule has 0 fully saturated rings. The van der Waals surface area contributed by atoms with Crippen molar-refractivity contribution >= 4 is 63.1 Å². The number of hydrogen-bond donors (Lipinski definition) is 2. The molecule has 0 unspecified atom stereocenters. The van der Waals surface area contributed by atoms with E-state index in [0.29, 0.717) is 11.1 Å². The van der Waals surface area contributed by atoms with E-state index in [2.05, 4.69) is 0 Å². The van der Waals surface area contributed by atoms with Crippen LogP contribution in [-0.4, -0.2) is 79.0 Å². The fourth-order valence-electron chi connectivity index (χ4n) is 2.36. The Morgan fingerprint density at radius 3 is 2.40 bits per heavy atom. The van der Waals surface area contributed by atoms with Crippen molar-refractivity contribution in [3.8, 4) is 0 Å². The summed E-state index contributed by atoms with van der Waals surface area (Å²) in [6.07, 6.45) is 5.92. The Kier molecular flexibility index (Phi) is 7.27. The second-order valence-corrected chi connectivity index (χ2v) is 5.68. The molecule has 0 aromatic rings. The Labute approximate surface area is 162 Å². The van der Waals surface area contributed by atoms with Gasteiger partial charge in [-0.15, -0.1) is 0 Å². The number of carboxylic acid groups (broad SMARTS) is 1. The van der Waals surface area contributed by atoms with E-state index in [1.807, 2.05) is 13.8 Å². The number of aliphatic hydroxyl groups is 1. The van der Waals surface area contributed by atoms with Gasteiger partial charge in [0.05, 0.1) is 0 Å². The first-order valence-electron chi connectivity index (χ1n) is 6.13. The summed E-state index contributed by atoms with van der Waals surface area (Å²) in [5.41, 5.74) is -0.758. The summed E-state index contributed by atoms with van der Waals surface area (Å²) in [5.74, 6) is -1.03. The molecular formula is C15H20KO4. The van der Waals surface area contributed by atoms with Crippen LogP contribution in [-0.2, 0) is 9.59 Å². The third-order valence-electron chi connectivity index (χ3n) is 3.57. The number of aliphatic carboxylic acids is 1. The molecule has 0 heterocycles. The quantitative estimate of drug-likeness (QED) is 0.474. The number of rotatable bonds is 3. The number of ketones is 1. The molecule has 0 saturated heterocycles. The van der Waals surface area contributed by atoms with Crippen LogP contribution in [0.5, 0.6) is 0 Å². The van der Waals surface area contributed by atoms with Crippen LogP contribution in [0.15, 0.2) is 35.5 Å². The van der Waals surface area contributed by atoms with Gasteiger partial charge in [0.15, 0.2) is 5.78 Å². The normalized spacial score (nSPS) is 26.1. The molecule has 1 aliphatic carbocycles. The summed E-state index contributed by atoms with van der Waals surface area (Å²) < 4.78 is 0. The van der Waals surface area contributed by atoms with E-state index < -0.39 is 17.0 Å². The van der Waals surface area contributed by atoms with Crippen molar-refractivity contribution in [2.45, 2.75) is 39.7 Å². The average molecular weight is 303 g/mol. The summed E-state index contributed by atoms with van der Waals surface area (Å²) >= 11 is 0. The van der Waals surface area contributed by atoms with E-state index in [1.54, 1.807) is 26.0 Å². The first kappa shape index (κ1) is 20.0. The first-order valence-corrected chi connectivity index (χ1v) is 6.13. The second-order valence-electron chi connectivity index (χ2n) is 5.68. The smallest absolute Gasteiger partial charge is 0.328 e. The molecule has 5 heteroatoms. The van der Waals surface area contributed by atoms with Crippen LogP contribution in [0.1, 0.15) is 34.1 Å². The zero-order valence-corrected chi connectivity index (χ0v) is 15.9. The van der Waals surface area contributed by atoms with Crippen molar-refractivity contribution in [3.63, 3.8) is 0 Å². The molecule has 0 aromatic carbocycles. The number of allylic oxidation sites excluding steroid dienone is 3. The molecule has 0 aliphatic heterocycles. The Balaban J connectivity index is 0.00000361. The number of carboxylic acids is 1. The molecule has 105 valence electrons. The van der Waals surface area contributed by atoms with Gasteiger partial charge < -0.3 is 10.2 Å². The number of carbonyl (C=O) groups is 2. The molecule has 1 atom stereocenters. The molecule has 0 bridgehead atoms. The van der Waals surface area contributed by atoms with Gasteiger partial charge in [-0.3, -0.25) is 4.79 Å². The van der Waals surface area contributed by atoms with Crippen molar-refractivity contribution in [2.75, 3.05) is 0 Å². The number of hydrogen-bond acceptors (Lipinski definition) is 3. The second kappa shape index (κ2) is 7.29. The minimum atomic E-state index is -1.24. The van der Waals surface area contributed by atoms with Crippen LogP contribution in [0, 0.1) is 5.41 Å². The maximum absolute atomic E-state index is 11.6. The Bertz CT molecular complexity index is 500. The topological polar surface area (TPSA) is 74.6 Å². The molecule has 20 heavy (non-hydrogen) atoms. The van der Waals surface area contributed by atoms with Gasteiger partial charge in [-0.1, -0.05) is 19.9 Å². The minimum absolute atomic E-state index is 0.